The van der Waals surface area contributed by atoms with Crippen LogP contribution in [0.1, 0.15) is 12.0 Å². The molecule has 3 aromatic heterocycles. The Labute approximate surface area is 191 Å². The normalized spacial score (nSPS) is 21.0. The van der Waals surface area contributed by atoms with Crippen LogP contribution in [0.15, 0.2) is 53.4 Å². The number of carboxylic acid groups (broad SMARTS) is 1. The van der Waals surface area contributed by atoms with Gasteiger partial charge in [0, 0.05) is 18.2 Å². The molecule has 1 saturated carbocycles. The van der Waals surface area contributed by atoms with Gasteiger partial charge in [0.1, 0.15) is 29.5 Å². The number of aromatic nitrogens is 5. The highest BCUT2D eigenvalue weighted by Crippen LogP contribution is 2.51. The molecule has 2 fully saturated rings. The fraction of sp³-hybridized carbons (Fsp3) is 0.261. The summed E-state index contributed by atoms with van der Waals surface area (Å²) >= 11 is 0. The van der Waals surface area contributed by atoms with Crippen LogP contribution in [0.2, 0.25) is 0 Å². The SMILES string of the molecule is O=C(O)C1[C@H]2C[C@H]2CN1c1nc(-c2cc(-c3ccon3)n(Cc3ccccc3F)n2)ncc1F. The Kier molecular flexibility index (Phi) is 4.64. The summed E-state index contributed by atoms with van der Waals surface area (Å²) < 4.78 is 35.5. The Morgan fingerprint density at radius 1 is 1.18 bits per heavy atom. The molecule has 11 heteroatoms. The minimum atomic E-state index is -0.993. The van der Waals surface area contributed by atoms with Gasteiger partial charge in [0.05, 0.1) is 18.4 Å². The molecular formula is C23H18F2N6O3. The molecule has 172 valence electrons. The molecule has 1 saturated heterocycles. The van der Waals surface area contributed by atoms with E-state index in [9.17, 15) is 18.7 Å². The number of hydrogen-bond donors (Lipinski definition) is 1. The van der Waals surface area contributed by atoms with Gasteiger partial charge in [-0.15, -0.1) is 0 Å². The van der Waals surface area contributed by atoms with Gasteiger partial charge in [-0.25, -0.2) is 23.5 Å². The molecule has 1 aliphatic heterocycles. The molecule has 1 unspecified atom stereocenters. The van der Waals surface area contributed by atoms with E-state index in [1.165, 1.54) is 17.2 Å². The molecule has 0 spiro atoms. The van der Waals surface area contributed by atoms with Crippen LogP contribution in [-0.2, 0) is 11.3 Å². The second-order valence-electron chi connectivity index (χ2n) is 8.51. The van der Waals surface area contributed by atoms with E-state index in [0.717, 1.165) is 12.6 Å². The van der Waals surface area contributed by atoms with Gasteiger partial charge in [0.15, 0.2) is 17.5 Å². The molecular weight excluding hydrogens is 446 g/mol. The number of nitrogens with zero attached hydrogens (tertiary/aromatic N) is 6. The molecule has 0 bridgehead atoms. The first kappa shape index (κ1) is 20.5. The second-order valence-corrected chi connectivity index (χ2v) is 8.51. The van der Waals surface area contributed by atoms with E-state index in [0.29, 0.717) is 29.2 Å². The number of rotatable bonds is 6. The number of benzene rings is 1. The van der Waals surface area contributed by atoms with E-state index < -0.39 is 17.8 Å². The highest BCUT2D eigenvalue weighted by molar-refractivity contribution is 5.80. The molecule has 4 heterocycles. The van der Waals surface area contributed by atoms with E-state index >= 15 is 0 Å². The molecule has 1 aliphatic carbocycles. The van der Waals surface area contributed by atoms with Crippen LogP contribution >= 0.6 is 0 Å². The molecule has 9 nitrogen and oxygen atoms in total. The molecule has 1 N–H and O–H groups in total. The standard InChI is InChI=1S/C23H18F2N6O3/c24-15-4-2-1-3-12(15)11-31-19(17-5-6-34-29-17)8-18(28-31)21-26-9-16(25)22(27-21)30-10-13-7-14(13)20(30)23(32)33/h1-6,8-9,13-14,20H,7,10-11H2,(H,32,33)/t13-,14-,20?/m0/s1. The summed E-state index contributed by atoms with van der Waals surface area (Å²) in [5.74, 6) is -1.76. The smallest absolute Gasteiger partial charge is 0.326 e. The second kappa shape index (κ2) is 7.72. The maximum absolute atomic E-state index is 14.7. The van der Waals surface area contributed by atoms with Crippen LogP contribution in [0.3, 0.4) is 0 Å². The number of hydrogen-bond acceptors (Lipinski definition) is 7. The molecule has 34 heavy (non-hydrogen) atoms. The Morgan fingerprint density at radius 2 is 2.03 bits per heavy atom. The van der Waals surface area contributed by atoms with Gasteiger partial charge >= 0.3 is 5.97 Å². The molecule has 6 rings (SSSR count). The zero-order chi connectivity index (χ0) is 23.4. The first-order valence-electron chi connectivity index (χ1n) is 10.7. The Hall–Kier alpha value is -4.15. The van der Waals surface area contributed by atoms with Gasteiger partial charge in [-0.1, -0.05) is 23.4 Å². The summed E-state index contributed by atoms with van der Waals surface area (Å²) in [6.07, 6.45) is 3.26. The van der Waals surface area contributed by atoms with Crippen molar-refractivity contribution in [3.63, 3.8) is 0 Å². The molecule has 3 atom stereocenters. The van der Waals surface area contributed by atoms with Crippen molar-refractivity contribution in [3.8, 4) is 22.9 Å². The van der Waals surface area contributed by atoms with Gasteiger partial charge in [-0.05, 0) is 30.4 Å². The predicted molar refractivity (Wildman–Crippen MR) is 115 cm³/mol. The van der Waals surface area contributed by atoms with Crippen molar-refractivity contribution < 1.29 is 23.2 Å². The lowest BCUT2D eigenvalue weighted by Gasteiger charge is -2.25. The Balaban J connectivity index is 1.40. The van der Waals surface area contributed by atoms with E-state index in [2.05, 4.69) is 20.2 Å². The van der Waals surface area contributed by atoms with Crippen LogP contribution in [0.5, 0.6) is 0 Å². The number of carboxylic acids is 1. The number of aliphatic carboxylic acids is 1. The fourth-order valence-corrected chi connectivity index (χ4v) is 4.67. The van der Waals surface area contributed by atoms with E-state index in [-0.39, 0.29) is 35.8 Å². The first-order chi connectivity index (χ1) is 16.5. The zero-order valence-corrected chi connectivity index (χ0v) is 17.7. The monoisotopic (exact) mass is 464 g/mol. The van der Waals surface area contributed by atoms with Crippen molar-refractivity contribution >= 4 is 11.8 Å². The lowest BCUT2D eigenvalue weighted by atomic mass is 10.2. The zero-order valence-electron chi connectivity index (χ0n) is 17.7. The third-order valence-electron chi connectivity index (χ3n) is 6.39. The van der Waals surface area contributed by atoms with Crippen molar-refractivity contribution in [1.29, 1.82) is 0 Å². The average molecular weight is 464 g/mol. The summed E-state index contributed by atoms with van der Waals surface area (Å²) in [7, 11) is 0. The number of halogens is 2. The number of piperidine rings is 1. The lowest BCUT2D eigenvalue weighted by Crippen LogP contribution is -2.40. The van der Waals surface area contributed by atoms with Gasteiger partial charge in [-0.3, -0.25) is 4.68 Å². The van der Waals surface area contributed by atoms with Crippen LogP contribution in [0.25, 0.3) is 22.9 Å². The van der Waals surface area contributed by atoms with E-state index in [4.69, 9.17) is 4.52 Å². The fourth-order valence-electron chi connectivity index (χ4n) is 4.67. The van der Waals surface area contributed by atoms with E-state index in [1.807, 2.05) is 0 Å². The largest absolute Gasteiger partial charge is 0.480 e. The molecule has 1 aromatic carbocycles. The van der Waals surface area contributed by atoms with Crippen molar-refractivity contribution in [2.24, 2.45) is 11.8 Å². The van der Waals surface area contributed by atoms with Gasteiger partial charge in [0.2, 0.25) is 0 Å². The number of carbonyl (C=O) groups is 1. The topological polar surface area (TPSA) is 110 Å². The summed E-state index contributed by atoms with van der Waals surface area (Å²) in [6, 6.07) is 8.84. The Morgan fingerprint density at radius 3 is 2.79 bits per heavy atom. The van der Waals surface area contributed by atoms with Crippen LogP contribution in [0.4, 0.5) is 14.6 Å². The summed E-state index contributed by atoms with van der Waals surface area (Å²) in [5.41, 5.74) is 1.74. The molecule has 4 aromatic rings. The van der Waals surface area contributed by atoms with Crippen molar-refractivity contribution in [3.05, 3.63) is 66.1 Å². The Bertz CT molecular complexity index is 1390. The maximum Gasteiger partial charge on any atom is 0.326 e. The van der Waals surface area contributed by atoms with Crippen molar-refractivity contribution in [1.82, 2.24) is 24.9 Å². The highest BCUT2D eigenvalue weighted by atomic mass is 19.1. The van der Waals surface area contributed by atoms with Crippen LogP contribution in [0, 0.1) is 23.5 Å². The average Bonchev–Trinajstić information content (AvgIpc) is 3.20. The maximum atomic E-state index is 14.7. The molecule has 0 amide bonds. The third-order valence-corrected chi connectivity index (χ3v) is 6.39. The summed E-state index contributed by atoms with van der Waals surface area (Å²) in [6.45, 7) is 0.542. The minimum absolute atomic E-state index is 0.00839. The predicted octanol–water partition coefficient (Wildman–Crippen LogP) is 3.23. The van der Waals surface area contributed by atoms with Gasteiger partial charge in [-0.2, -0.15) is 5.10 Å². The van der Waals surface area contributed by atoms with E-state index in [1.54, 1.807) is 35.0 Å². The number of anilines is 1. The van der Waals surface area contributed by atoms with Crippen molar-refractivity contribution in [2.75, 3.05) is 11.4 Å². The minimum Gasteiger partial charge on any atom is -0.480 e. The lowest BCUT2D eigenvalue weighted by molar-refractivity contribution is -0.138. The van der Waals surface area contributed by atoms with Gasteiger partial charge in [0.25, 0.3) is 0 Å². The summed E-state index contributed by atoms with van der Waals surface area (Å²) in [4.78, 5) is 21.7. The van der Waals surface area contributed by atoms with Crippen LogP contribution in [-0.4, -0.2) is 48.6 Å². The van der Waals surface area contributed by atoms with Gasteiger partial charge < -0.3 is 14.5 Å². The number of fused-ring (bicyclic) bond motifs is 1. The first-order valence-corrected chi connectivity index (χ1v) is 10.7. The molecule has 0 radical (unpaired) electrons. The van der Waals surface area contributed by atoms with Crippen LogP contribution < -0.4 is 4.90 Å². The molecule has 2 aliphatic rings. The summed E-state index contributed by atoms with van der Waals surface area (Å²) in [5, 5.41) is 18.1. The van der Waals surface area contributed by atoms with Crippen molar-refractivity contribution in [2.45, 2.75) is 19.0 Å². The highest BCUT2D eigenvalue weighted by Gasteiger charge is 2.56. The third kappa shape index (κ3) is 3.40. The quantitative estimate of drug-likeness (QED) is 0.463.